The molecule has 1 aromatic carbocycles. The van der Waals surface area contributed by atoms with E-state index in [1.165, 1.54) is 4.88 Å². The predicted octanol–water partition coefficient (Wildman–Crippen LogP) is 2.65. The van der Waals surface area contributed by atoms with Gasteiger partial charge in [0.05, 0.1) is 10.9 Å². The number of carbonyl (C=O) groups is 1. The molecule has 1 atom stereocenters. The van der Waals surface area contributed by atoms with Crippen LogP contribution in [0.5, 0.6) is 0 Å². The highest BCUT2D eigenvalue weighted by molar-refractivity contribution is 7.89. The zero-order valence-corrected chi connectivity index (χ0v) is 17.4. The van der Waals surface area contributed by atoms with Crippen molar-refractivity contribution in [2.45, 2.75) is 30.2 Å². The molecule has 1 aromatic heterocycles. The molecule has 1 saturated heterocycles. The number of likely N-dealkylation sites (tertiary alicyclic amines) is 1. The number of hydrogen-bond donors (Lipinski definition) is 2. The molecule has 0 aliphatic carbocycles. The van der Waals surface area contributed by atoms with Crippen LogP contribution in [0.3, 0.4) is 0 Å². The summed E-state index contributed by atoms with van der Waals surface area (Å²) in [5, 5.41) is 4.88. The van der Waals surface area contributed by atoms with Crippen molar-refractivity contribution in [3.8, 4) is 0 Å². The highest BCUT2D eigenvalue weighted by atomic mass is 32.2. The summed E-state index contributed by atoms with van der Waals surface area (Å²) in [6.07, 6.45) is 2.23. The van der Waals surface area contributed by atoms with Crippen molar-refractivity contribution in [3.63, 3.8) is 0 Å². The Bertz CT molecular complexity index is 930. The summed E-state index contributed by atoms with van der Waals surface area (Å²) >= 11 is 1.65. The van der Waals surface area contributed by atoms with Crippen molar-refractivity contribution in [3.05, 3.63) is 52.2 Å². The summed E-state index contributed by atoms with van der Waals surface area (Å²) in [5.41, 5.74) is 0. The maximum Gasteiger partial charge on any atom is 0.240 e. The van der Waals surface area contributed by atoms with Crippen LogP contribution in [0.15, 0.2) is 40.6 Å². The molecule has 3 rings (SSSR count). The van der Waals surface area contributed by atoms with E-state index >= 15 is 0 Å². The Hall–Kier alpha value is -1.88. The molecule has 1 unspecified atom stereocenters. The van der Waals surface area contributed by atoms with Gasteiger partial charge in [-0.1, -0.05) is 6.07 Å². The lowest BCUT2D eigenvalue weighted by molar-refractivity contribution is -0.121. The Morgan fingerprint density at radius 1 is 1.17 bits per heavy atom. The zero-order valence-electron chi connectivity index (χ0n) is 15.7. The number of rotatable bonds is 9. The van der Waals surface area contributed by atoms with E-state index in [9.17, 15) is 22.0 Å². The number of hydrogen-bond acceptors (Lipinski definition) is 5. The molecule has 1 aliphatic rings. The third-order valence-corrected chi connectivity index (χ3v) is 7.22. The number of nitrogens with one attached hydrogen (secondary N) is 2. The molecule has 0 bridgehead atoms. The van der Waals surface area contributed by atoms with Gasteiger partial charge < -0.3 is 5.32 Å². The van der Waals surface area contributed by atoms with Crippen LogP contribution < -0.4 is 10.0 Å². The first-order valence-electron chi connectivity index (χ1n) is 9.36. The van der Waals surface area contributed by atoms with Gasteiger partial charge >= 0.3 is 0 Å². The van der Waals surface area contributed by atoms with Gasteiger partial charge in [0.1, 0.15) is 0 Å². The fourth-order valence-electron chi connectivity index (χ4n) is 3.27. The van der Waals surface area contributed by atoms with Crippen LogP contribution in [-0.2, 0) is 14.8 Å². The Labute approximate surface area is 173 Å². The highest BCUT2D eigenvalue weighted by Crippen LogP contribution is 2.27. The van der Waals surface area contributed by atoms with Gasteiger partial charge in [0.25, 0.3) is 0 Å². The van der Waals surface area contributed by atoms with E-state index in [4.69, 9.17) is 0 Å². The molecule has 10 heteroatoms. The van der Waals surface area contributed by atoms with Gasteiger partial charge in [0.15, 0.2) is 11.6 Å². The van der Waals surface area contributed by atoms with Crippen LogP contribution in [0, 0.1) is 11.6 Å². The van der Waals surface area contributed by atoms with Crippen molar-refractivity contribution in [2.75, 3.05) is 26.2 Å². The van der Waals surface area contributed by atoms with Gasteiger partial charge in [-0.2, -0.15) is 0 Å². The lowest BCUT2D eigenvalue weighted by atomic mass is 10.2. The van der Waals surface area contributed by atoms with Crippen LogP contribution in [0.25, 0.3) is 0 Å². The second-order valence-corrected chi connectivity index (χ2v) is 9.55. The topological polar surface area (TPSA) is 78.5 Å². The number of amides is 1. The van der Waals surface area contributed by atoms with Crippen LogP contribution in [0.1, 0.15) is 30.2 Å². The fraction of sp³-hybridized carbons (Fsp3) is 0.421. The van der Waals surface area contributed by atoms with Crippen LogP contribution in [0.4, 0.5) is 8.78 Å². The molecule has 0 saturated carbocycles. The molecule has 2 N–H and O–H groups in total. The third-order valence-electron chi connectivity index (χ3n) is 4.79. The van der Waals surface area contributed by atoms with Crippen molar-refractivity contribution in [1.29, 1.82) is 0 Å². The third kappa shape index (κ3) is 5.81. The number of sulfonamides is 1. The van der Waals surface area contributed by atoms with Gasteiger partial charge in [-0.25, -0.2) is 21.9 Å². The Kier molecular flexibility index (Phi) is 7.33. The first-order chi connectivity index (χ1) is 13.9. The average Bonchev–Trinajstić information content (AvgIpc) is 3.38. The van der Waals surface area contributed by atoms with Crippen LogP contribution in [0.2, 0.25) is 0 Å². The van der Waals surface area contributed by atoms with Gasteiger partial charge in [-0.15, -0.1) is 11.3 Å². The molecular weight excluding hydrogens is 420 g/mol. The van der Waals surface area contributed by atoms with E-state index in [0.29, 0.717) is 12.6 Å². The average molecular weight is 444 g/mol. The molecular formula is C19H23F2N3O3S2. The summed E-state index contributed by atoms with van der Waals surface area (Å²) in [6, 6.07) is 6.48. The maximum absolute atomic E-state index is 13.2. The van der Waals surface area contributed by atoms with E-state index in [1.54, 1.807) is 11.3 Å². The molecule has 1 amide bonds. The van der Waals surface area contributed by atoms with E-state index in [-0.39, 0.29) is 29.8 Å². The molecule has 2 heterocycles. The van der Waals surface area contributed by atoms with Gasteiger partial charge in [-0.3, -0.25) is 9.69 Å². The summed E-state index contributed by atoms with van der Waals surface area (Å²) in [4.78, 5) is 15.3. The Balaban J connectivity index is 1.49. The quantitative estimate of drug-likeness (QED) is 0.625. The number of halogens is 2. The molecule has 2 aromatic rings. The van der Waals surface area contributed by atoms with Crippen molar-refractivity contribution < 1.29 is 22.0 Å². The number of nitrogens with zero attached hydrogens (tertiary/aromatic N) is 1. The van der Waals surface area contributed by atoms with E-state index in [1.807, 2.05) is 11.4 Å². The first kappa shape index (κ1) is 21.8. The van der Waals surface area contributed by atoms with Crippen LogP contribution in [-0.4, -0.2) is 45.4 Å². The first-order valence-corrected chi connectivity index (χ1v) is 11.7. The smallest absolute Gasteiger partial charge is 0.240 e. The molecule has 1 aliphatic heterocycles. The highest BCUT2D eigenvalue weighted by Gasteiger charge is 2.24. The minimum Gasteiger partial charge on any atom is -0.354 e. The van der Waals surface area contributed by atoms with Crippen molar-refractivity contribution in [1.82, 2.24) is 14.9 Å². The van der Waals surface area contributed by atoms with E-state index in [2.05, 4.69) is 21.0 Å². The number of benzene rings is 1. The fourth-order valence-corrected chi connectivity index (χ4v) is 5.17. The minimum atomic E-state index is -4.02. The van der Waals surface area contributed by atoms with Gasteiger partial charge in [0, 0.05) is 24.4 Å². The predicted molar refractivity (Wildman–Crippen MR) is 107 cm³/mol. The lowest BCUT2D eigenvalue weighted by Crippen LogP contribution is -2.37. The molecule has 29 heavy (non-hydrogen) atoms. The SMILES string of the molecule is O=C(CCNS(=O)(=O)c1ccc(F)c(F)c1)NCC(c1cccs1)N1CCCC1. The van der Waals surface area contributed by atoms with Gasteiger partial charge in [0.2, 0.25) is 15.9 Å². The number of thiophene rings is 1. The van der Waals surface area contributed by atoms with Crippen molar-refractivity contribution in [2.24, 2.45) is 0 Å². The molecule has 0 radical (unpaired) electrons. The summed E-state index contributed by atoms with van der Waals surface area (Å²) in [6.45, 7) is 2.30. The largest absolute Gasteiger partial charge is 0.354 e. The summed E-state index contributed by atoms with van der Waals surface area (Å²) in [7, 11) is -4.02. The minimum absolute atomic E-state index is 0.0555. The Morgan fingerprint density at radius 2 is 1.93 bits per heavy atom. The monoisotopic (exact) mass is 443 g/mol. The normalized spacial score (nSPS) is 16.1. The molecule has 0 spiro atoms. The molecule has 158 valence electrons. The summed E-state index contributed by atoms with van der Waals surface area (Å²) in [5.74, 6) is -2.65. The van der Waals surface area contributed by atoms with Crippen LogP contribution >= 0.6 is 11.3 Å². The van der Waals surface area contributed by atoms with E-state index < -0.39 is 21.7 Å². The van der Waals surface area contributed by atoms with Crippen molar-refractivity contribution >= 4 is 27.3 Å². The Morgan fingerprint density at radius 3 is 2.59 bits per heavy atom. The maximum atomic E-state index is 13.2. The summed E-state index contributed by atoms with van der Waals surface area (Å²) < 4.78 is 52.7. The van der Waals surface area contributed by atoms with Gasteiger partial charge in [-0.05, 0) is 55.6 Å². The lowest BCUT2D eigenvalue weighted by Gasteiger charge is -2.26. The second-order valence-electron chi connectivity index (χ2n) is 6.80. The molecule has 6 nitrogen and oxygen atoms in total. The standard InChI is InChI=1S/C19H23F2N3O3S2/c20-15-6-5-14(12-16(15)21)29(26,27)23-8-7-19(25)22-13-17(18-4-3-11-28-18)24-9-1-2-10-24/h3-6,11-12,17,23H,1-2,7-10,13H2,(H,22,25). The molecule has 1 fully saturated rings. The number of carbonyl (C=O) groups excluding carboxylic acids is 1. The second kappa shape index (κ2) is 9.75. The zero-order chi connectivity index (χ0) is 20.9. The van der Waals surface area contributed by atoms with E-state index in [0.717, 1.165) is 38.1 Å².